The molecule has 2 aromatic carbocycles. The Bertz CT molecular complexity index is 791. The summed E-state index contributed by atoms with van der Waals surface area (Å²) >= 11 is 3.29. The maximum absolute atomic E-state index is 11.9. The van der Waals surface area contributed by atoms with Gasteiger partial charge in [-0.05, 0) is 37.3 Å². The van der Waals surface area contributed by atoms with E-state index in [2.05, 4.69) is 21.2 Å². The lowest BCUT2D eigenvalue weighted by atomic mass is 10.1. The molecule has 0 aliphatic heterocycles. The number of ether oxygens (including phenoxy) is 2. The molecule has 7 heteroatoms. The maximum Gasteiger partial charge on any atom is 0.344 e. The molecule has 0 unspecified atom stereocenters. The molecule has 0 saturated carbocycles. The standard InChI is InChI=1S/C18H16BrNO5/c1-12(21)15-7-2-3-8-16(15)20-17(22)10-25-18(23)11-24-14-6-4-5-13(19)9-14/h2-9H,10-11H2,1H3,(H,20,22). The van der Waals surface area contributed by atoms with Gasteiger partial charge >= 0.3 is 5.97 Å². The Labute approximate surface area is 153 Å². The SMILES string of the molecule is CC(=O)c1ccccc1NC(=O)COC(=O)COc1cccc(Br)c1. The summed E-state index contributed by atoms with van der Waals surface area (Å²) in [7, 11) is 0. The quantitative estimate of drug-likeness (QED) is 0.564. The number of hydrogen-bond donors (Lipinski definition) is 1. The van der Waals surface area contributed by atoms with Crippen molar-refractivity contribution >= 4 is 39.3 Å². The Kier molecular flexibility index (Phi) is 6.71. The van der Waals surface area contributed by atoms with Crippen LogP contribution in [0.1, 0.15) is 17.3 Å². The minimum atomic E-state index is -0.671. The van der Waals surface area contributed by atoms with Crippen molar-refractivity contribution in [3.63, 3.8) is 0 Å². The van der Waals surface area contributed by atoms with Gasteiger partial charge in [-0.15, -0.1) is 0 Å². The number of nitrogens with one attached hydrogen (secondary N) is 1. The van der Waals surface area contributed by atoms with Gasteiger partial charge in [0.1, 0.15) is 5.75 Å². The summed E-state index contributed by atoms with van der Waals surface area (Å²) in [6.45, 7) is 0.630. The second kappa shape index (κ2) is 8.98. The van der Waals surface area contributed by atoms with Crippen molar-refractivity contribution < 1.29 is 23.9 Å². The summed E-state index contributed by atoms with van der Waals surface area (Å²) < 4.78 is 10.9. The van der Waals surface area contributed by atoms with Crippen molar-refractivity contribution in [3.05, 3.63) is 58.6 Å². The molecule has 1 amide bonds. The molecule has 0 heterocycles. The smallest absolute Gasteiger partial charge is 0.344 e. The summed E-state index contributed by atoms with van der Waals surface area (Å²) in [5, 5.41) is 2.54. The summed E-state index contributed by atoms with van der Waals surface area (Å²) in [4.78, 5) is 35.0. The van der Waals surface area contributed by atoms with E-state index in [0.29, 0.717) is 17.0 Å². The molecule has 6 nitrogen and oxygen atoms in total. The van der Waals surface area contributed by atoms with E-state index in [0.717, 1.165) is 4.47 Å². The lowest BCUT2D eigenvalue weighted by molar-refractivity contribution is -0.149. The van der Waals surface area contributed by atoms with E-state index >= 15 is 0 Å². The monoisotopic (exact) mass is 405 g/mol. The van der Waals surface area contributed by atoms with Gasteiger partial charge in [0.25, 0.3) is 5.91 Å². The second-order valence-electron chi connectivity index (χ2n) is 5.06. The molecule has 0 aliphatic rings. The van der Waals surface area contributed by atoms with Crippen LogP contribution in [0.15, 0.2) is 53.0 Å². The summed E-state index contributed by atoms with van der Waals surface area (Å²) in [6.07, 6.45) is 0. The van der Waals surface area contributed by atoms with Gasteiger partial charge in [0.2, 0.25) is 0 Å². The third kappa shape index (κ3) is 6.04. The van der Waals surface area contributed by atoms with Crippen LogP contribution in [-0.2, 0) is 14.3 Å². The van der Waals surface area contributed by atoms with Gasteiger partial charge in [-0.2, -0.15) is 0 Å². The van der Waals surface area contributed by atoms with Crippen molar-refractivity contribution in [2.45, 2.75) is 6.92 Å². The fourth-order valence-electron chi connectivity index (χ4n) is 1.97. The van der Waals surface area contributed by atoms with Gasteiger partial charge in [-0.25, -0.2) is 4.79 Å². The number of esters is 1. The molecule has 2 aromatic rings. The van der Waals surface area contributed by atoms with Gasteiger partial charge < -0.3 is 14.8 Å². The molecule has 130 valence electrons. The number of halogens is 1. The van der Waals surface area contributed by atoms with Crippen LogP contribution >= 0.6 is 15.9 Å². The van der Waals surface area contributed by atoms with Crippen LogP contribution in [0.5, 0.6) is 5.75 Å². The van der Waals surface area contributed by atoms with Crippen LogP contribution in [0.2, 0.25) is 0 Å². The first-order valence-electron chi connectivity index (χ1n) is 7.39. The first-order valence-corrected chi connectivity index (χ1v) is 8.19. The van der Waals surface area contributed by atoms with E-state index in [4.69, 9.17) is 9.47 Å². The number of carbonyl (C=O) groups excluding carboxylic acids is 3. The Hall–Kier alpha value is -2.67. The number of benzene rings is 2. The number of anilines is 1. The van der Waals surface area contributed by atoms with Crippen LogP contribution in [0.3, 0.4) is 0 Å². The molecule has 0 atom stereocenters. The van der Waals surface area contributed by atoms with Crippen LogP contribution < -0.4 is 10.1 Å². The number of ketones is 1. The van der Waals surface area contributed by atoms with Gasteiger partial charge in [0.15, 0.2) is 19.0 Å². The predicted molar refractivity (Wildman–Crippen MR) is 95.7 cm³/mol. The lowest BCUT2D eigenvalue weighted by Gasteiger charge is -2.10. The van der Waals surface area contributed by atoms with E-state index in [9.17, 15) is 14.4 Å². The average molecular weight is 406 g/mol. The van der Waals surface area contributed by atoms with Crippen molar-refractivity contribution in [1.29, 1.82) is 0 Å². The summed E-state index contributed by atoms with van der Waals surface area (Å²) in [6, 6.07) is 13.6. The Balaban J connectivity index is 1.80. The first-order chi connectivity index (χ1) is 12.0. The van der Waals surface area contributed by atoms with E-state index in [1.807, 2.05) is 6.07 Å². The number of rotatable bonds is 7. The third-order valence-corrected chi connectivity index (χ3v) is 3.59. The largest absolute Gasteiger partial charge is 0.482 e. The molecular weight excluding hydrogens is 390 g/mol. The summed E-state index contributed by atoms with van der Waals surface area (Å²) in [5.41, 5.74) is 0.765. The minimum absolute atomic E-state index is 0.171. The van der Waals surface area contributed by atoms with Crippen LogP contribution in [-0.4, -0.2) is 30.9 Å². The molecular formula is C18H16BrNO5. The molecule has 2 rings (SSSR count). The highest BCUT2D eigenvalue weighted by molar-refractivity contribution is 9.10. The topological polar surface area (TPSA) is 81.7 Å². The summed E-state index contributed by atoms with van der Waals surface area (Å²) in [5.74, 6) is -0.874. The van der Waals surface area contributed by atoms with Crippen LogP contribution in [0, 0.1) is 0 Å². The molecule has 0 saturated heterocycles. The average Bonchev–Trinajstić information content (AvgIpc) is 2.58. The predicted octanol–water partition coefficient (Wildman–Crippen LogP) is 3.21. The van der Waals surface area contributed by atoms with E-state index < -0.39 is 18.5 Å². The highest BCUT2D eigenvalue weighted by Crippen LogP contribution is 2.18. The molecule has 0 aliphatic carbocycles. The number of carbonyl (C=O) groups is 3. The first kappa shape index (κ1) is 18.7. The van der Waals surface area contributed by atoms with E-state index in [1.165, 1.54) is 6.92 Å². The molecule has 1 N–H and O–H groups in total. The zero-order valence-electron chi connectivity index (χ0n) is 13.5. The van der Waals surface area contributed by atoms with Crippen molar-refractivity contribution in [1.82, 2.24) is 0 Å². The molecule has 0 bridgehead atoms. The maximum atomic E-state index is 11.9. The number of para-hydroxylation sites is 1. The molecule has 0 aromatic heterocycles. The minimum Gasteiger partial charge on any atom is -0.482 e. The van der Waals surface area contributed by atoms with E-state index in [1.54, 1.807) is 42.5 Å². The highest BCUT2D eigenvalue weighted by atomic mass is 79.9. The van der Waals surface area contributed by atoms with Crippen molar-refractivity contribution in [3.8, 4) is 5.75 Å². The van der Waals surface area contributed by atoms with Crippen molar-refractivity contribution in [2.24, 2.45) is 0 Å². The van der Waals surface area contributed by atoms with Gasteiger partial charge in [0, 0.05) is 10.0 Å². The normalized spacial score (nSPS) is 10.0. The van der Waals surface area contributed by atoms with Gasteiger partial charge in [-0.3, -0.25) is 9.59 Å². The van der Waals surface area contributed by atoms with E-state index in [-0.39, 0.29) is 12.4 Å². The molecule has 0 fully saturated rings. The van der Waals surface area contributed by atoms with Crippen LogP contribution in [0.4, 0.5) is 5.69 Å². The fraction of sp³-hybridized carbons (Fsp3) is 0.167. The number of Topliss-reactive ketones (excluding diaryl/α,β-unsaturated/α-hetero) is 1. The lowest BCUT2D eigenvalue weighted by Crippen LogP contribution is -2.24. The molecule has 0 spiro atoms. The Morgan fingerprint density at radius 2 is 1.80 bits per heavy atom. The Morgan fingerprint density at radius 1 is 1.04 bits per heavy atom. The zero-order valence-corrected chi connectivity index (χ0v) is 15.0. The zero-order chi connectivity index (χ0) is 18.2. The second-order valence-corrected chi connectivity index (χ2v) is 5.97. The van der Waals surface area contributed by atoms with Crippen LogP contribution in [0.25, 0.3) is 0 Å². The molecule has 25 heavy (non-hydrogen) atoms. The van der Waals surface area contributed by atoms with Gasteiger partial charge in [-0.1, -0.05) is 34.1 Å². The number of amides is 1. The Morgan fingerprint density at radius 3 is 2.52 bits per heavy atom. The van der Waals surface area contributed by atoms with Gasteiger partial charge in [0.05, 0.1) is 5.69 Å². The fourth-order valence-corrected chi connectivity index (χ4v) is 2.35. The number of hydrogen-bond acceptors (Lipinski definition) is 5. The highest BCUT2D eigenvalue weighted by Gasteiger charge is 2.12. The third-order valence-electron chi connectivity index (χ3n) is 3.10. The molecule has 0 radical (unpaired) electrons. The van der Waals surface area contributed by atoms with Crippen molar-refractivity contribution in [2.75, 3.05) is 18.5 Å².